The van der Waals surface area contributed by atoms with Crippen molar-refractivity contribution in [3.63, 3.8) is 0 Å². The van der Waals surface area contributed by atoms with Gasteiger partial charge in [0.15, 0.2) is 11.4 Å². The number of ether oxygens (including phenoxy) is 2. The smallest absolute Gasteiger partial charge is 0.331 e. The number of aromatic nitrogens is 5. The van der Waals surface area contributed by atoms with Crippen LogP contribution in [0.2, 0.25) is 0 Å². The largest absolute Gasteiger partial charge is 0.496 e. The maximum atomic E-state index is 13.7. The second kappa shape index (κ2) is 10.6. The molecule has 0 spiro atoms. The van der Waals surface area contributed by atoms with Crippen molar-refractivity contribution in [2.75, 3.05) is 7.11 Å². The summed E-state index contributed by atoms with van der Waals surface area (Å²) >= 11 is 0. The molecule has 11 nitrogen and oxygen atoms in total. The van der Waals surface area contributed by atoms with E-state index < -0.39 is 23.2 Å². The number of hydrogen-bond donors (Lipinski definition) is 1. The number of aliphatic carboxylic acids is 1. The van der Waals surface area contributed by atoms with Crippen LogP contribution in [0.4, 0.5) is 0 Å². The Labute approximate surface area is 225 Å². The maximum absolute atomic E-state index is 13.7. The van der Waals surface area contributed by atoms with Crippen molar-refractivity contribution in [2.45, 2.75) is 70.1 Å². The highest BCUT2D eigenvalue weighted by molar-refractivity contribution is 5.81. The topological polar surface area (TPSA) is 134 Å². The van der Waals surface area contributed by atoms with Crippen LogP contribution in [-0.2, 0) is 28.5 Å². The Kier molecular flexibility index (Phi) is 7.26. The van der Waals surface area contributed by atoms with Crippen molar-refractivity contribution in [3.05, 3.63) is 58.3 Å². The van der Waals surface area contributed by atoms with Crippen LogP contribution in [0.1, 0.15) is 63.3 Å². The average Bonchev–Trinajstić information content (AvgIpc) is 3.58. The quantitative estimate of drug-likeness (QED) is 0.334. The number of rotatable bonds is 9. The first kappa shape index (κ1) is 26.6. The third kappa shape index (κ3) is 4.94. The van der Waals surface area contributed by atoms with Gasteiger partial charge in [0.1, 0.15) is 23.0 Å². The van der Waals surface area contributed by atoms with Gasteiger partial charge in [-0.05, 0) is 32.8 Å². The molecule has 0 amide bonds. The minimum absolute atomic E-state index is 0.0668. The summed E-state index contributed by atoms with van der Waals surface area (Å²) in [7, 11) is 3.29. The summed E-state index contributed by atoms with van der Waals surface area (Å²) < 4.78 is 20.4. The highest BCUT2D eigenvalue weighted by atomic mass is 16.5. The van der Waals surface area contributed by atoms with E-state index in [9.17, 15) is 14.7 Å². The van der Waals surface area contributed by atoms with Crippen LogP contribution in [0.3, 0.4) is 0 Å². The summed E-state index contributed by atoms with van der Waals surface area (Å²) in [6.45, 7) is 2.89. The highest BCUT2D eigenvalue weighted by Gasteiger charge is 2.35. The lowest BCUT2D eigenvalue weighted by molar-refractivity contribution is -0.146. The molecule has 0 aliphatic heterocycles. The minimum Gasteiger partial charge on any atom is -0.496 e. The van der Waals surface area contributed by atoms with E-state index >= 15 is 0 Å². The van der Waals surface area contributed by atoms with Crippen molar-refractivity contribution in [2.24, 2.45) is 7.05 Å². The number of oxazole rings is 1. The molecular weight excluding hydrogens is 502 g/mol. The number of carboxylic acid groups (broad SMARTS) is 1. The van der Waals surface area contributed by atoms with Crippen LogP contribution in [0.15, 0.2) is 45.9 Å². The molecule has 1 aliphatic rings. The van der Waals surface area contributed by atoms with Gasteiger partial charge in [-0.25, -0.2) is 19.4 Å². The van der Waals surface area contributed by atoms with E-state index in [0.29, 0.717) is 22.8 Å². The van der Waals surface area contributed by atoms with Crippen molar-refractivity contribution in [1.82, 2.24) is 24.3 Å². The van der Waals surface area contributed by atoms with Gasteiger partial charge >= 0.3 is 5.97 Å². The lowest BCUT2D eigenvalue weighted by atomic mass is 9.96. The molecule has 1 saturated carbocycles. The molecule has 39 heavy (non-hydrogen) atoms. The number of hydrogen-bond acceptors (Lipinski definition) is 8. The van der Waals surface area contributed by atoms with Gasteiger partial charge in [-0.2, -0.15) is 5.10 Å². The Morgan fingerprint density at radius 1 is 1.23 bits per heavy atom. The summed E-state index contributed by atoms with van der Waals surface area (Å²) in [4.78, 5) is 34.8. The van der Waals surface area contributed by atoms with Crippen molar-refractivity contribution >= 4 is 17.0 Å². The van der Waals surface area contributed by atoms with E-state index in [-0.39, 0.29) is 23.9 Å². The fraction of sp³-hybridized carbons (Fsp3) is 0.464. The average molecular weight is 536 g/mol. The van der Waals surface area contributed by atoms with E-state index in [4.69, 9.17) is 18.9 Å². The van der Waals surface area contributed by atoms with Gasteiger partial charge in [-0.15, -0.1) is 0 Å². The van der Waals surface area contributed by atoms with E-state index in [0.717, 1.165) is 35.9 Å². The first-order chi connectivity index (χ1) is 18.7. The summed E-state index contributed by atoms with van der Waals surface area (Å²) in [6.07, 6.45) is 8.07. The van der Waals surface area contributed by atoms with Crippen LogP contribution in [0, 0.1) is 0 Å². The molecule has 0 radical (unpaired) electrons. The molecular formula is C28H33N5O6. The molecule has 5 rings (SSSR count). The van der Waals surface area contributed by atoms with Crippen molar-refractivity contribution < 1.29 is 23.8 Å². The zero-order valence-corrected chi connectivity index (χ0v) is 22.6. The Morgan fingerprint density at radius 3 is 2.64 bits per heavy atom. The molecule has 206 valence electrons. The lowest BCUT2D eigenvalue weighted by Gasteiger charge is -2.29. The molecule has 0 unspecified atom stereocenters. The standard InChI is InChI=1S/C28H33N5O6/c1-28(2,27(35)36)33-26(34)23-22(30-24(32(23)3)25-29-14-15-38-25)19(31-33)16-21(39-17-10-6-5-7-11-17)18-12-8-9-13-20(18)37-4/h8-9,12-15,17,21H,5-7,10-11,16H2,1-4H3,(H,35,36)/t21-/m0/s1. The molecule has 0 bridgehead atoms. The zero-order valence-electron chi connectivity index (χ0n) is 22.6. The number of aryl methyl sites for hydroxylation is 1. The second-order valence-electron chi connectivity index (χ2n) is 10.4. The van der Waals surface area contributed by atoms with Gasteiger partial charge in [-0.1, -0.05) is 37.5 Å². The van der Waals surface area contributed by atoms with Crippen LogP contribution in [0.5, 0.6) is 5.75 Å². The number of fused-ring (bicyclic) bond motifs is 1. The zero-order chi connectivity index (χ0) is 27.7. The Bertz CT molecular complexity index is 1530. The van der Waals surface area contributed by atoms with Gasteiger partial charge < -0.3 is 23.6 Å². The van der Waals surface area contributed by atoms with E-state index in [1.165, 1.54) is 32.7 Å². The summed E-state index contributed by atoms with van der Waals surface area (Å²) in [5, 5.41) is 14.6. The van der Waals surface area contributed by atoms with Gasteiger partial charge in [0.25, 0.3) is 11.4 Å². The number of nitrogens with zero attached hydrogens (tertiary/aromatic N) is 5. The second-order valence-corrected chi connectivity index (χ2v) is 10.4. The Balaban J connectivity index is 1.70. The molecule has 1 N–H and O–H groups in total. The number of imidazole rings is 1. The van der Waals surface area contributed by atoms with Gasteiger partial charge in [-0.3, -0.25) is 4.79 Å². The van der Waals surface area contributed by atoms with E-state index in [2.05, 4.69) is 10.1 Å². The molecule has 1 aliphatic carbocycles. The third-order valence-electron chi connectivity index (χ3n) is 7.43. The van der Waals surface area contributed by atoms with Crippen molar-refractivity contribution in [3.8, 4) is 17.5 Å². The fourth-order valence-electron chi connectivity index (χ4n) is 5.16. The molecule has 0 saturated heterocycles. The third-order valence-corrected chi connectivity index (χ3v) is 7.43. The number of carboxylic acids is 1. The Hall–Kier alpha value is -3.99. The van der Waals surface area contributed by atoms with Crippen LogP contribution in [-0.4, -0.2) is 48.6 Å². The van der Waals surface area contributed by atoms with E-state index in [1.54, 1.807) is 18.7 Å². The summed E-state index contributed by atoms with van der Waals surface area (Å²) in [5.74, 6) is 0.0679. The minimum atomic E-state index is -1.61. The normalized spacial score (nSPS) is 15.5. The maximum Gasteiger partial charge on any atom is 0.331 e. The monoisotopic (exact) mass is 535 g/mol. The fourth-order valence-corrected chi connectivity index (χ4v) is 5.16. The number of methoxy groups -OCH3 is 1. The van der Waals surface area contributed by atoms with Gasteiger partial charge in [0.05, 0.1) is 31.2 Å². The van der Waals surface area contributed by atoms with Gasteiger partial charge in [0.2, 0.25) is 0 Å². The predicted molar refractivity (Wildman–Crippen MR) is 143 cm³/mol. The highest BCUT2D eigenvalue weighted by Crippen LogP contribution is 2.35. The SMILES string of the molecule is COc1ccccc1[C@H](Cc1nn(C(C)(C)C(=O)O)c(=O)c2c1nc(-c1ncco1)n2C)OC1CCCCC1. The number of benzene rings is 1. The van der Waals surface area contributed by atoms with Gasteiger partial charge in [0, 0.05) is 19.0 Å². The molecule has 11 heteroatoms. The van der Waals surface area contributed by atoms with Crippen molar-refractivity contribution in [1.29, 1.82) is 0 Å². The molecule has 3 heterocycles. The number of para-hydroxylation sites is 1. The van der Waals surface area contributed by atoms with Crippen LogP contribution in [0.25, 0.3) is 22.7 Å². The van der Waals surface area contributed by atoms with Crippen LogP contribution < -0.4 is 10.3 Å². The first-order valence-electron chi connectivity index (χ1n) is 13.1. The summed E-state index contributed by atoms with van der Waals surface area (Å²) in [5.41, 5.74) is -0.355. The number of carbonyl (C=O) groups is 1. The molecule has 4 aromatic rings. The Morgan fingerprint density at radius 2 is 1.97 bits per heavy atom. The molecule has 1 aromatic carbocycles. The molecule has 1 atom stereocenters. The molecule has 3 aromatic heterocycles. The first-order valence-corrected chi connectivity index (χ1v) is 13.1. The summed E-state index contributed by atoms with van der Waals surface area (Å²) in [6, 6.07) is 7.66. The molecule has 1 fully saturated rings. The van der Waals surface area contributed by atoms with Crippen LogP contribution >= 0.6 is 0 Å². The predicted octanol–water partition coefficient (Wildman–Crippen LogP) is 4.25. The lowest BCUT2D eigenvalue weighted by Crippen LogP contribution is -2.45. The van der Waals surface area contributed by atoms with E-state index in [1.807, 2.05) is 24.3 Å².